The number of rotatable bonds is 5. The Hall–Kier alpha value is -1.48. The molecule has 138 valence electrons. The smallest absolute Gasteiger partial charge is 0.282 e. The highest BCUT2D eigenvalue weighted by molar-refractivity contribution is 7.86. The molecule has 2 rings (SSSR count). The Morgan fingerprint density at radius 3 is 1.92 bits per heavy atom. The molecular formula is C17H22O6S2. The van der Waals surface area contributed by atoms with E-state index in [0.717, 1.165) is 10.9 Å². The minimum Gasteiger partial charge on any atom is -0.282 e. The van der Waals surface area contributed by atoms with Gasteiger partial charge in [0, 0.05) is 0 Å². The van der Waals surface area contributed by atoms with Gasteiger partial charge < -0.3 is 0 Å². The zero-order valence-corrected chi connectivity index (χ0v) is 16.2. The lowest BCUT2D eigenvalue weighted by atomic mass is 9.88. The van der Waals surface area contributed by atoms with E-state index in [1.807, 2.05) is 27.7 Å². The molecule has 2 N–H and O–H groups in total. The molecule has 8 heteroatoms. The molecule has 0 atom stereocenters. The number of aryl methyl sites for hydroxylation is 2. The SMILES string of the molecule is CCc1cc(S(=O)(=O)O)cc2cc(S(=O)(=O)O)c(C(C)C)c(CC)c12. The fourth-order valence-electron chi connectivity index (χ4n) is 3.32. The molecule has 0 saturated heterocycles. The van der Waals surface area contributed by atoms with Crippen molar-refractivity contribution >= 4 is 31.0 Å². The second-order valence-electron chi connectivity index (χ2n) is 6.26. The van der Waals surface area contributed by atoms with Crippen LogP contribution in [0, 0.1) is 0 Å². The van der Waals surface area contributed by atoms with Crippen molar-refractivity contribution in [3.8, 4) is 0 Å². The van der Waals surface area contributed by atoms with Crippen molar-refractivity contribution in [2.75, 3.05) is 0 Å². The monoisotopic (exact) mass is 386 g/mol. The Labute approximate surface area is 148 Å². The Morgan fingerprint density at radius 2 is 1.52 bits per heavy atom. The normalized spacial score (nSPS) is 12.9. The number of hydrogen-bond acceptors (Lipinski definition) is 4. The molecule has 0 spiro atoms. The van der Waals surface area contributed by atoms with Crippen LogP contribution in [0.4, 0.5) is 0 Å². The zero-order valence-electron chi connectivity index (χ0n) is 14.6. The van der Waals surface area contributed by atoms with E-state index in [9.17, 15) is 25.9 Å². The maximum Gasteiger partial charge on any atom is 0.294 e. The molecule has 0 amide bonds. The van der Waals surface area contributed by atoms with Crippen LogP contribution in [0.5, 0.6) is 0 Å². The molecule has 0 saturated carbocycles. The van der Waals surface area contributed by atoms with Gasteiger partial charge in [0.2, 0.25) is 0 Å². The van der Waals surface area contributed by atoms with E-state index in [1.165, 1.54) is 18.2 Å². The van der Waals surface area contributed by atoms with Crippen LogP contribution in [0.2, 0.25) is 0 Å². The van der Waals surface area contributed by atoms with Gasteiger partial charge >= 0.3 is 0 Å². The summed E-state index contributed by atoms with van der Waals surface area (Å²) in [5.74, 6) is -0.151. The second-order valence-corrected chi connectivity index (χ2v) is 9.07. The molecule has 0 unspecified atom stereocenters. The van der Waals surface area contributed by atoms with Crippen molar-refractivity contribution in [3.05, 3.63) is 34.9 Å². The highest BCUT2D eigenvalue weighted by atomic mass is 32.2. The van der Waals surface area contributed by atoms with Gasteiger partial charge in [0.05, 0.1) is 9.79 Å². The van der Waals surface area contributed by atoms with E-state index in [0.29, 0.717) is 29.4 Å². The van der Waals surface area contributed by atoms with E-state index in [4.69, 9.17) is 0 Å². The van der Waals surface area contributed by atoms with E-state index in [1.54, 1.807) is 0 Å². The molecule has 6 nitrogen and oxygen atoms in total. The molecule has 2 aromatic rings. The summed E-state index contributed by atoms with van der Waals surface area (Å²) < 4.78 is 65.9. The molecule has 25 heavy (non-hydrogen) atoms. The minimum absolute atomic E-state index is 0.151. The average molecular weight is 386 g/mol. The Bertz CT molecular complexity index is 1030. The lowest BCUT2D eigenvalue weighted by Crippen LogP contribution is -2.10. The summed E-state index contributed by atoms with van der Waals surface area (Å²) in [6, 6.07) is 3.93. The summed E-state index contributed by atoms with van der Waals surface area (Å²) in [6.07, 6.45) is 1.03. The average Bonchev–Trinajstić information content (AvgIpc) is 2.49. The topological polar surface area (TPSA) is 109 Å². The second kappa shape index (κ2) is 6.68. The van der Waals surface area contributed by atoms with Crippen LogP contribution in [0.1, 0.15) is 50.3 Å². The summed E-state index contributed by atoms with van der Waals surface area (Å²) in [5.41, 5.74) is 2.00. The van der Waals surface area contributed by atoms with Gasteiger partial charge in [-0.1, -0.05) is 27.7 Å². The van der Waals surface area contributed by atoms with E-state index >= 15 is 0 Å². The highest BCUT2D eigenvalue weighted by Crippen LogP contribution is 2.37. The molecule has 0 aliphatic carbocycles. The molecule has 0 radical (unpaired) electrons. The number of fused-ring (bicyclic) bond motifs is 1. The first-order valence-electron chi connectivity index (χ1n) is 7.99. The first-order chi connectivity index (χ1) is 11.4. The zero-order chi connectivity index (χ0) is 19.2. The molecule has 0 aliphatic heterocycles. The Balaban J connectivity index is 3.15. The van der Waals surface area contributed by atoms with Crippen LogP contribution in [0.15, 0.2) is 28.0 Å². The molecular weight excluding hydrogens is 364 g/mol. The largest absolute Gasteiger partial charge is 0.294 e. The highest BCUT2D eigenvalue weighted by Gasteiger charge is 2.25. The molecule has 0 fully saturated rings. The van der Waals surface area contributed by atoms with Gasteiger partial charge in [-0.15, -0.1) is 0 Å². The van der Waals surface area contributed by atoms with Crippen LogP contribution < -0.4 is 0 Å². The third-order valence-electron chi connectivity index (χ3n) is 4.29. The summed E-state index contributed by atoms with van der Waals surface area (Å²) >= 11 is 0. The van der Waals surface area contributed by atoms with Crippen LogP contribution in [0.25, 0.3) is 10.8 Å². The Kier molecular flexibility index (Phi) is 5.30. The standard InChI is InChI=1S/C17H22O6S2/c1-5-11-7-13(24(18,19)20)8-12-9-15(25(21,22)23)16(10(3)4)14(6-2)17(11)12/h7-10H,5-6H2,1-4H3,(H,18,19,20)(H,21,22,23). The number of hydrogen-bond donors (Lipinski definition) is 2. The molecule has 0 bridgehead atoms. The van der Waals surface area contributed by atoms with E-state index < -0.39 is 20.2 Å². The molecule has 0 aliphatic rings. The van der Waals surface area contributed by atoms with E-state index in [-0.39, 0.29) is 15.7 Å². The fourth-order valence-corrected chi connectivity index (χ4v) is 4.80. The van der Waals surface area contributed by atoms with Crippen LogP contribution in [-0.2, 0) is 33.1 Å². The first kappa shape index (κ1) is 19.8. The minimum atomic E-state index is -4.48. The van der Waals surface area contributed by atoms with Crippen LogP contribution in [-0.4, -0.2) is 25.9 Å². The van der Waals surface area contributed by atoms with Crippen molar-refractivity contribution in [1.82, 2.24) is 0 Å². The van der Waals surface area contributed by atoms with Crippen LogP contribution >= 0.6 is 0 Å². The van der Waals surface area contributed by atoms with Gasteiger partial charge in [-0.25, -0.2) is 0 Å². The first-order valence-corrected chi connectivity index (χ1v) is 10.9. The van der Waals surface area contributed by atoms with Crippen molar-refractivity contribution < 1.29 is 25.9 Å². The van der Waals surface area contributed by atoms with Gasteiger partial charge in [0.25, 0.3) is 20.2 Å². The third kappa shape index (κ3) is 3.72. The Morgan fingerprint density at radius 1 is 0.920 bits per heavy atom. The predicted octanol–water partition coefficient (Wildman–Crippen LogP) is 3.58. The number of benzene rings is 2. The van der Waals surface area contributed by atoms with Gasteiger partial charge in [-0.05, 0) is 64.4 Å². The fraction of sp³-hybridized carbons (Fsp3) is 0.412. The summed E-state index contributed by atoms with van der Waals surface area (Å²) in [6.45, 7) is 7.42. The third-order valence-corrected chi connectivity index (χ3v) is 6.02. The lowest BCUT2D eigenvalue weighted by Gasteiger charge is -2.20. The summed E-state index contributed by atoms with van der Waals surface area (Å²) in [7, 11) is -8.92. The summed E-state index contributed by atoms with van der Waals surface area (Å²) in [4.78, 5) is -0.515. The summed E-state index contributed by atoms with van der Waals surface area (Å²) in [5, 5.41) is 1.13. The van der Waals surface area contributed by atoms with Crippen molar-refractivity contribution in [3.63, 3.8) is 0 Å². The van der Waals surface area contributed by atoms with Gasteiger partial charge in [0.1, 0.15) is 0 Å². The molecule has 0 aromatic heterocycles. The van der Waals surface area contributed by atoms with Gasteiger partial charge in [-0.3, -0.25) is 9.11 Å². The van der Waals surface area contributed by atoms with E-state index in [2.05, 4.69) is 0 Å². The van der Waals surface area contributed by atoms with Crippen LogP contribution in [0.3, 0.4) is 0 Å². The van der Waals surface area contributed by atoms with Crippen molar-refractivity contribution in [2.24, 2.45) is 0 Å². The van der Waals surface area contributed by atoms with Gasteiger partial charge in [0.15, 0.2) is 0 Å². The molecule has 2 aromatic carbocycles. The lowest BCUT2D eigenvalue weighted by molar-refractivity contribution is 0.480. The maximum atomic E-state index is 11.9. The van der Waals surface area contributed by atoms with Gasteiger partial charge in [-0.2, -0.15) is 16.8 Å². The molecule has 0 heterocycles. The predicted molar refractivity (Wildman–Crippen MR) is 96.4 cm³/mol. The van der Waals surface area contributed by atoms with Crippen molar-refractivity contribution in [1.29, 1.82) is 0 Å². The quantitative estimate of drug-likeness (QED) is 0.760. The van der Waals surface area contributed by atoms with Crippen molar-refractivity contribution in [2.45, 2.75) is 56.2 Å². The maximum absolute atomic E-state index is 11.9.